The number of hydrogen-bond donors (Lipinski definition) is 5. The van der Waals surface area contributed by atoms with Crippen LogP contribution < -0.4 is 15.8 Å². The van der Waals surface area contributed by atoms with Crippen molar-refractivity contribution in [2.75, 3.05) is 27.3 Å². The molecule has 0 aromatic heterocycles. The molecule has 210 valence electrons. The Balaban J connectivity index is 1.93. The van der Waals surface area contributed by atoms with E-state index in [4.69, 9.17) is 5.14 Å². The van der Waals surface area contributed by atoms with Crippen LogP contribution in [0.15, 0.2) is 83.8 Å². The van der Waals surface area contributed by atoms with Gasteiger partial charge in [0.05, 0.1) is 30.2 Å². The average Bonchev–Trinajstić information content (AvgIpc) is 2.95. The molecule has 4 aromatic carbocycles. The van der Waals surface area contributed by atoms with Gasteiger partial charge in [-0.15, -0.1) is 0 Å². The van der Waals surface area contributed by atoms with E-state index in [1.807, 2.05) is 18.2 Å². The molecule has 2 unspecified atom stereocenters. The Bertz CT molecular complexity index is 1600. The molecule has 10 heteroatoms. The molecular formula is C30H31F2N3O4S. The van der Waals surface area contributed by atoms with E-state index in [0.717, 1.165) is 11.1 Å². The number of halogens is 2. The second-order valence-corrected chi connectivity index (χ2v) is 10.9. The van der Waals surface area contributed by atoms with Crippen LogP contribution >= 0.6 is 0 Å². The number of hydrogen-bond acceptors (Lipinski definition) is 6. The summed E-state index contributed by atoms with van der Waals surface area (Å²) < 4.78 is 52.9. The van der Waals surface area contributed by atoms with E-state index >= 15 is 0 Å². The van der Waals surface area contributed by atoms with E-state index in [-0.39, 0.29) is 23.7 Å². The fourth-order valence-corrected chi connectivity index (χ4v) is 5.21. The number of aliphatic hydroxyl groups is 2. The molecule has 0 radical (unpaired) electrons. The van der Waals surface area contributed by atoms with E-state index in [1.165, 1.54) is 24.3 Å². The second-order valence-electron chi connectivity index (χ2n) is 9.35. The zero-order valence-corrected chi connectivity index (χ0v) is 22.8. The molecule has 4 aromatic rings. The Kier molecular flexibility index (Phi) is 9.09. The normalized spacial score (nSPS) is 13.3. The summed E-state index contributed by atoms with van der Waals surface area (Å²) in [6.45, 7) is -0.597. The molecule has 6 N–H and O–H groups in total. The molecule has 0 fully saturated rings. The third-order valence-corrected chi connectivity index (χ3v) is 7.89. The Hall–Kier alpha value is -3.51. The van der Waals surface area contributed by atoms with Crippen molar-refractivity contribution in [3.63, 3.8) is 0 Å². The van der Waals surface area contributed by atoms with Gasteiger partial charge in [-0.1, -0.05) is 36.4 Å². The predicted molar refractivity (Wildman–Crippen MR) is 152 cm³/mol. The third-order valence-electron chi connectivity index (χ3n) is 6.96. The van der Waals surface area contributed by atoms with Gasteiger partial charge in [0.15, 0.2) is 0 Å². The molecule has 0 saturated heterocycles. The van der Waals surface area contributed by atoms with Crippen LogP contribution in [0.25, 0.3) is 33.4 Å². The summed E-state index contributed by atoms with van der Waals surface area (Å²) in [5.74, 6) is -0.924. The van der Waals surface area contributed by atoms with Gasteiger partial charge in [-0.25, -0.2) is 22.3 Å². The highest BCUT2D eigenvalue weighted by molar-refractivity contribution is 7.89. The summed E-state index contributed by atoms with van der Waals surface area (Å²) in [6, 6.07) is 19.8. The monoisotopic (exact) mass is 567 g/mol. The zero-order chi connectivity index (χ0) is 29.0. The van der Waals surface area contributed by atoms with E-state index in [1.54, 1.807) is 50.5 Å². The average molecular weight is 568 g/mol. The van der Waals surface area contributed by atoms with Crippen LogP contribution in [-0.2, 0) is 10.0 Å². The van der Waals surface area contributed by atoms with Gasteiger partial charge in [0.1, 0.15) is 11.6 Å². The lowest BCUT2D eigenvalue weighted by atomic mass is 9.89. The van der Waals surface area contributed by atoms with Crippen molar-refractivity contribution in [2.24, 2.45) is 5.14 Å². The molecule has 2 atom stereocenters. The van der Waals surface area contributed by atoms with Gasteiger partial charge < -0.3 is 20.8 Å². The number of benzene rings is 4. The standard InChI is InChI=1S/C30H31F2N3O4S/c1-34-29(16-36)25-14-20(6-11-27(25)31)19-5-10-23(18-3-8-22(9-4-18)40(33,38)39)24(13-19)21-7-12-28(32)26(15-21)30(17-37)35-2/h3-15,29-30,34-37H,16-17H2,1-2H3,(H2,33,38,39). The second kappa shape index (κ2) is 12.3. The Morgan fingerprint density at radius 1 is 0.675 bits per heavy atom. The summed E-state index contributed by atoms with van der Waals surface area (Å²) in [7, 11) is -0.613. The zero-order valence-electron chi connectivity index (χ0n) is 22.0. The van der Waals surface area contributed by atoms with Crippen molar-refractivity contribution in [1.82, 2.24) is 10.6 Å². The number of sulfonamides is 1. The number of primary sulfonamides is 1. The maximum absolute atomic E-state index is 14.8. The number of aliphatic hydroxyl groups excluding tert-OH is 2. The van der Waals surface area contributed by atoms with Crippen molar-refractivity contribution < 1.29 is 27.4 Å². The van der Waals surface area contributed by atoms with Crippen LogP contribution in [0.1, 0.15) is 23.2 Å². The lowest BCUT2D eigenvalue weighted by Crippen LogP contribution is -2.21. The number of nitrogens with one attached hydrogen (secondary N) is 2. The highest BCUT2D eigenvalue weighted by Crippen LogP contribution is 2.38. The van der Waals surface area contributed by atoms with Crippen LogP contribution in [0.3, 0.4) is 0 Å². The van der Waals surface area contributed by atoms with Gasteiger partial charge in [0.25, 0.3) is 0 Å². The fraction of sp³-hybridized carbons (Fsp3) is 0.200. The first-order valence-corrected chi connectivity index (χ1v) is 14.1. The number of rotatable bonds is 10. The minimum Gasteiger partial charge on any atom is -0.394 e. The van der Waals surface area contributed by atoms with Gasteiger partial charge in [-0.2, -0.15) is 0 Å². The molecule has 40 heavy (non-hydrogen) atoms. The van der Waals surface area contributed by atoms with Crippen LogP contribution in [0.2, 0.25) is 0 Å². The lowest BCUT2D eigenvalue weighted by molar-refractivity contribution is 0.248. The SMILES string of the molecule is CNC(CO)c1cc(-c2ccc(-c3ccc(S(N)(=O)=O)cc3)c(-c3ccc(F)c(C(CO)NC)c3)c2)ccc1F. The van der Waals surface area contributed by atoms with Crippen LogP contribution in [0.4, 0.5) is 8.78 Å². The topological polar surface area (TPSA) is 125 Å². The van der Waals surface area contributed by atoms with Gasteiger partial charge in [0.2, 0.25) is 10.0 Å². The molecule has 0 heterocycles. The quantitative estimate of drug-likeness (QED) is 0.196. The highest BCUT2D eigenvalue weighted by atomic mass is 32.2. The number of nitrogens with two attached hydrogens (primary N) is 1. The predicted octanol–water partition coefficient (Wildman–Crippen LogP) is 4.12. The maximum atomic E-state index is 14.8. The van der Waals surface area contributed by atoms with Crippen molar-refractivity contribution in [1.29, 1.82) is 0 Å². The van der Waals surface area contributed by atoms with Crippen molar-refractivity contribution in [3.8, 4) is 33.4 Å². The van der Waals surface area contributed by atoms with E-state index in [0.29, 0.717) is 27.8 Å². The largest absolute Gasteiger partial charge is 0.394 e. The van der Waals surface area contributed by atoms with Crippen molar-refractivity contribution in [3.05, 3.63) is 102 Å². The molecule has 7 nitrogen and oxygen atoms in total. The molecule has 0 spiro atoms. The third kappa shape index (κ3) is 6.12. The molecule has 4 rings (SSSR count). The number of likely N-dealkylation sites (N-methyl/N-ethyl adjacent to an activating group) is 2. The van der Waals surface area contributed by atoms with E-state index in [9.17, 15) is 27.4 Å². The molecule has 0 aliphatic rings. The summed E-state index contributed by atoms with van der Waals surface area (Å²) in [5, 5.41) is 30.5. The lowest BCUT2D eigenvalue weighted by Gasteiger charge is -2.19. The molecule has 0 aliphatic carbocycles. The summed E-state index contributed by atoms with van der Waals surface area (Å²) >= 11 is 0. The molecule has 0 bridgehead atoms. The summed E-state index contributed by atoms with van der Waals surface area (Å²) in [4.78, 5) is -0.0277. The van der Waals surface area contributed by atoms with Gasteiger partial charge in [-0.3, -0.25) is 0 Å². The first-order chi connectivity index (χ1) is 19.1. The van der Waals surface area contributed by atoms with Gasteiger partial charge in [0, 0.05) is 11.1 Å². The van der Waals surface area contributed by atoms with Crippen LogP contribution in [0, 0.1) is 11.6 Å². The van der Waals surface area contributed by atoms with Crippen molar-refractivity contribution >= 4 is 10.0 Å². The molecular weight excluding hydrogens is 536 g/mol. The Morgan fingerprint density at radius 2 is 1.12 bits per heavy atom. The fourth-order valence-electron chi connectivity index (χ4n) is 4.70. The minimum atomic E-state index is -3.88. The summed E-state index contributed by atoms with van der Waals surface area (Å²) in [6.07, 6.45) is 0. The smallest absolute Gasteiger partial charge is 0.238 e. The minimum absolute atomic E-state index is 0.0277. The molecule has 0 aliphatic heterocycles. The Morgan fingerprint density at radius 3 is 1.62 bits per heavy atom. The van der Waals surface area contributed by atoms with Gasteiger partial charge >= 0.3 is 0 Å². The molecule has 0 saturated carbocycles. The first kappa shape index (κ1) is 29.5. The molecule has 0 amide bonds. The Labute approximate surface area is 232 Å². The van der Waals surface area contributed by atoms with Crippen LogP contribution in [0.5, 0.6) is 0 Å². The van der Waals surface area contributed by atoms with E-state index < -0.39 is 33.7 Å². The first-order valence-electron chi connectivity index (χ1n) is 12.5. The maximum Gasteiger partial charge on any atom is 0.238 e. The van der Waals surface area contributed by atoms with Crippen LogP contribution in [-0.4, -0.2) is 45.9 Å². The van der Waals surface area contributed by atoms with Gasteiger partial charge in [-0.05, 0) is 89.9 Å². The van der Waals surface area contributed by atoms with E-state index in [2.05, 4.69) is 10.6 Å². The highest BCUT2D eigenvalue weighted by Gasteiger charge is 2.19. The van der Waals surface area contributed by atoms with Crippen molar-refractivity contribution in [2.45, 2.75) is 17.0 Å². The summed E-state index contributed by atoms with van der Waals surface area (Å²) in [5.41, 5.74) is 4.83.